The number of H-pyrrole nitrogens is 1. The first-order chi connectivity index (χ1) is 17.9. The number of sulfonamides is 1. The molecule has 2 bridgehead atoms. The van der Waals surface area contributed by atoms with Crippen molar-refractivity contribution < 1.29 is 13.2 Å². The summed E-state index contributed by atoms with van der Waals surface area (Å²) in [5.74, 6) is 2.59. The van der Waals surface area contributed by atoms with Crippen molar-refractivity contribution in [3.05, 3.63) is 54.6 Å². The van der Waals surface area contributed by atoms with Crippen molar-refractivity contribution in [3.63, 3.8) is 0 Å². The van der Waals surface area contributed by atoms with Gasteiger partial charge in [-0.15, -0.1) is 0 Å². The van der Waals surface area contributed by atoms with Crippen LogP contribution in [0.2, 0.25) is 0 Å². The maximum absolute atomic E-state index is 13.4. The van der Waals surface area contributed by atoms with E-state index in [4.69, 9.17) is 9.72 Å². The summed E-state index contributed by atoms with van der Waals surface area (Å²) in [6.07, 6.45) is 7.79. The highest BCUT2D eigenvalue weighted by atomic mass is 32.2. The van der Waals surface area contributed by atoms with Crippen molar-refractivity contribution in [2.75, 3.05) is 17.7 Å². The Morgan fingerprint density at radius 3 is 2.51 bits per heavy atom. The number of ether oxygens (including phenoxy) is 1. The van der Waals surface area contributed by atoms with Crippen molar-refractivity contribution in [2.45, 2.75) is 55.6 Å². The lowest BCUT2D eigenvalue weighted by atomic mass is 9.99. The average Bonchev–Trinajstić information content (AvgIpc) is 3.44. The number of aromatic amines is 1. The molecule has 2 aliphatic rings. The molecule has 37 heavy (non-hydrogen) atoms. The van der Waals surface area contributed by atoms with Crippen molar-refractivity contribution in [1.29, 1.82) is 0 Å². The van der Waals surface area contributed by atoms with Crippen molar-refractivity contribution in [3.8, 4) is 5.75 Å². The number of anilines is 3. The van der Waals surface area contributed by atoms with Crippen LogP contribution in [0.5, 0.6) is 5.75 Å². The third-order valence-electron chi connectivity index (χ3n) is 7.08. The minimum absolute atomic E-state index is 0.0613. The molecule has 3 N–H and O–H groups in total. The van der Waals surface area contributed by atoms with Gasteiger partial charge >= 0.3 is 0 Å². The second-order valence-corrected chi connectivity index (χ2v) is 11.4. The normalized spacial score (nSPS) is 21.7. The Balaban J connectivity index is 1.29. The Morgan fingerprint density at radius 2 is 1.84 bits per heavy atom. The SMILES string of the molecule is COc1cnc2cc(Nc3cc(C)[nH]n3)nc(NC3C[C@H]4CC[C@@H](C3)N4S(=O)(=O)c3ccncc3)c2c1. The second-order valence-electron chi connectivity index (χ2n) is 9.57. The molecule has 6 heterocycles. The van der Waals surface area contributed by atoms with Gasteiger partial charge in [0.05, 0.1) is 23.7 Å². The van der Waals surface area contributed by atoms with Crippen molar-refractivity contribution in [2.24, 2.45) is 0 Å². The summed E-state index contributed by atoms with van der Waals surface area (Å²) >= 11 is 0. The molecule has 12 heteroatoms. The number of aromatic nitrogens is 5. The zero-order valence-corrected chi connectivity index (χ0v) is 21.4. The van der Waals surface area contributed by atoms with Gasteiger partial charge in [-0.05, 0) is 50.8 Å². The number of rotatable bonds is 7. The van der Waals surface area contributed by atoms with Crippen molar-refractivity contribution in [1.82, 2.24) is 29.5 Å². The van der Waals surface area contributed by atoms with Gasteiger partial charge in [-0.2, -0.15) is 9.40 Å². The lowest BCUT2D eigenvalue weighted by Crippen LogP contribution is -2.49. The highest BCUT2D eigenvalue weighted by Crippen LogP contribution is 2.41. The summed E-state index contributed by atoms with van der Waals surface area (Å²) in [6.45, 7) is 1.93. The van der Waals surface area contributed by atoms with Gasteiger partial charge in [0.1, 0.15) is 17.4 Å². The predicted molar refractivity (Wildman–Crippen MR) is 139 cm³/mol. The van der Waals surface area contributed by atoms with Crippen LogP contribution in [0.3, 0.4) is 0 Å². The first-order valence-electron chi connectivity index (χ1n) is 12.2. The number of nitrogens with zero attached hydrogens (tertiary/aromatic N) is 5. The molecule has 2 aliphatic heterocycles. The lowest BCUT2D eigenvalue weighted by Gasteiger charge is -2.38. The quantitative estimate of drug-likeness (QED) is 0.334. The van der Waals surface area contributed by atoms with E-state index in [1.165, 1.54) is 12.4 Å². The molecule has 4 aromatic rings. The fourth-order valence-corrected chi connectivity index (χ4v) is 7.35. The van der Waals surface area contributed by atoms with E-state index in [-0.39, 0.29) is 18.1 Å². The smallest absolute Gasteiger partial charge is 0.243 e. The minimum Gasteiger partial charge on any atom is -0.495 e. The van der Waals surface area contributed by atoms with Crippen LogP contribution in [0.4, 0.5) is 17.5 Å². The first kappa shape index (κ1) is 23.6. The molecule has 6 rings (SSSR count). The summed E-state index contributed by atoms with van der Waals surface area (Å²) in [7, 11) is -1.97. The summed E-state index contributed by atoms with van der Waals surface area (Å²) < 4.78 is 33.9. The minimum atomic E-state index is -3.57. The molecule has 0 spiro atoms. The molecule has 3 atom stereocenters. The van der Waals surface area contributed by atoms with E-state index in [0.717, 1.165) is 29.4 Å². The third kappa shape index (κ3) is 4.46. The molecule has 2 saturated heterocycles. The molecule has 0 aromatic carbocycles. The molecule has 0 aliphatic carbocycles. The van der Waals surface area contributed by atoms with Gasteiger partial charge in [0.25, 0.3) is 0 Å². The molecule has 4 aromatic heterocycles. The van der Waals surface area contributed by atoms with Crippen LogP contribution < -0.4 is 15.4 Å². The Kier molecular flexibility index (Phi) is 5.92. The summed E-state index contributed by atoms with van der Waals surface area (Å²) in [5.41, 5.74) is 1.70. The zero-order chi connectivity index (χ0) is 25.6. The van der Waals surface area contributed by atoms with Crippen LogP contribution >= 0.6 is 0 Å². The standard InChI is InChI=1S/C25H28N8O3S/c1-15-9-24(32-31-15)29-23-13-22-21(12-19(36-2)14-27-22)25(30-23)28-16-10-17-3-4-18(11-16)33(17)37(34,35)20-5-7-26-8-6-20/h5-9,12-14,16-18H,3-4,10-11H2,1-2H3,(H3,28,29,30,31,32)/t16?,17-,18+. The lowest BCUT2D eigenvalue weighted by molar-refractivity contribution is 0.234. The molecule has 2 fully saturated rings. The first-order valence-corrected chi connectivity index (χ1v) is 13.7. The van der Waals surface area contributed by atoms with Gasteiger partial charge in [0.15, 0.2) is 5.82 Å². The molecule has 1 unspecified atom stereocenters. The largest absolute Gasteiger partial charge is 0.495 e. The highest BCUT2D eigenvalue weighted by molar-refractivity contribution is 7.89. The van der Waals surface area contributed by atoms with Crippen LogP contribution in [0, 0.1) is 6.92 Å². The van der Waals surface area contributed by atoms with E-state index < -0.39 is 10.0 Å². The Bertz CT molecular complexity index is 1530. The maximum atomic E-state index is 13.4. The van der Waals surface area contributed by atoms with Crippen molar-refractivity contribution >= 4 is 38.4 Å². The average molecular weight is 521 g/mol. The molecule has 0 radical (unpaired) electrons. The summed E-state index contributed by atoms with van der Waals surface area (Å²) in [5, 5.41) is 14.9. The number of hydrogen-bond acceptors (Lipinski definition) is 9. The number of nitrogens with one attached hydrogen (secondary N) is 3. The van der Waals surface area contributed by atoms with Crippen LogP contribution in [0.25, 0.3) is 10.9 Å². The van der Waals surface area contributed by atoms with E-state index in [2.05, 4.69) is 30.8 Å². The number of methoxy groups -OCH3 is 1. The van der Waals surface area contributed by atoms with Gasteiger partial charge in [-0.3, -0.25) is 15.1 Å². The molecule has 0 amide bonds. The topological polar surface area (TPSA) is 138 Å². The number of pyridine rings is 3. The highest BCUT2D eigenvalue weighted by Gasteiger charge is 2.47. The van der Waals surface area contributed by atoms with Gasteiger partial charge in [-0.25, -0.2) is 13.4 Å². The van der Waals surface area contributed by atoms with E-state index in [1.807, 2.05) is 25.1 Å². The molecule has 0 saturated carbocycles. The van der Waals surface area contributed by atoms with Gasteiger partial charge in [-0.1, -0.05) is 0 Å². The molecule has 192 valence electrons. The number of aryl methyl sites for hydroxylation is 1. The van der Waals surface area contributed by atoms with Crippen LogP contribution in [0.15, 0.2) is 53.8 Å². The van der Waals surface area contributed by atoms with Crippen LogP contribution in [0.1, 0.15) is 31.4 Å². The fourth-order valence-electron chi connectivity index (χ4n) is 5.47. The predicted octanol–water partition coefficient (Wildman–Crippen LogP) is 3.60. The summed E-state index contributed by atoms with van der Waals surface area (Å²) in [6, 6.07) is 8.74. The molecule has 11 nitrogen and oxygen atoms in total. The van der Waals surface area contributed by atoms with E-state index in [0.29, 0.717) is 40.9 Å². The Morgan fingerprint density at radius 1 is 1.08 bits per heavy atom. The van der Waals surface area contributed by atoms with Gasteiger partial charge in [0, 0.05) is 53.7 Å². The maximum Gasteiger partial charge on any atom is 0.243 e. The van der Waals surface area contributed by atoms with Gasteiger partial charge < -0.3 is 15.4 Å². The second kappa shape index (κ2) is 9.27. The molecular formula is C25H28N8O3S. The van der Waals surface area contributed by atoms with E-state index in [9.17, 15) is 8.42 Å². The summed E-state index contributed by atoms with van der Waals surface area (Å²) in [4.78, 5) is 13.7. The number of fused-ring (bicyclic) bond motifs is 3. The molecular weight excluding hydrogens is 492 g/mol. The monoisotopic (exact) mass is 520 g/mol. The number of hydrogen-bond donors (Lipinski definition) is 3. The fraction of sp³-hybridized carbons (Fsp3) is 0.360. The Hall–Kier alpha value is -3.77. The van der Waals surface area contributed by atoms with E-state index >= 15 is 0 Å². The van der Waals surface area contributed by atoms with E-state index in [1.54, 1.807) is 29.7 Å². The Labute approximate surface area is 214 Å². The number of piperidine rings is 1. The zero-order valence-electron chi connectivity index (χ0n) is 20.5. The van der Waals surface area contributed by atoms with Crippen LogP contribution in [-0.4, -0.2) is 63.1 Å². The van der Waals surface area contributed by atoms with Crippen LogP contribution in [-0.2, 0) is 10.0 Å². The van der Waals surface area contributed by atoms with Gasteiger partial charge in [0.2, 0.25) is 10.0 Å². The third-order valence-corrected chi connectivity index (χ3v) is 9.10.